The topological polar surface area (TPSA) is 49.3 Å². The molecule has 0 saturated heterocycles. The second kappa shape index (κ2) is 7.60. The number of hydrogen-bond donors (Lipinski definition) is 0. The summed E-state index contributed by atoms with van der Waals surface area (Å²) in [6, 6.07) is 3.80. The molecule has 0 fully saturated rings. The van der Waals surface area contributed by atoms with Crippen molar-refractivity contribution in [3.8, 4) is 0 Å². The summed E-state index contributed by atoms with van der Waals surface area (Å²) in [6.07, 6.45) is 0. The zero-order valence-corrected chi connectivity index (χ0v) is 17.8. The maximum Gasteiger partial charge on any atom is 0.272 e. The van der Waals surface area contributed by atoms with E-state index >= 15 is 0 Å². The van der Waals surface area contributed by atoms with Crippen LogP contribution in [0.5, 0.6) is 0 Å². The van der Waals surface area contributed by atoms with Gasteiger partial charge in [-0.05, 0) is 52.6 Å². The molecule has 3 rings (SSSR count). The molecule has 3 aromatic rings. The molecule has 26 heavy (non-hydrogen) atoms. The van der Waals surface area contributed by atoms with Crippen molar-refractivity contribution in [3.63, 3.8) is 0 Å². The van der Waals surface area contributed by atoms with Gasteiger partial charge in [0.2, 0.25) is 0 Å². The van der Waals surface area contributed by atoms with Crippen LogP contribution >= 0.6 is 34.3 Å². The number of benzene rings is 1. The average Bonchev–Trinajstić information content (AvgIpc) is 3.10. The molecular weight excluding hydrogens is 388 g/mol. The highest BCUT2D eigenvalue weighted by molar-refractivity contribution is 7.22. The van der Waals surface area contributed by atoms with Crippen molar-refractivity contribution < 1.29 is 4.79 Å². The summed E-state index contributed by atoms with van der Waals surface area (Å²) >= 11 is 9.11. The van der Waals surface area contributed by atoms with Crippen molar-refractivity contribution in [1.82, 2.24) is 14.9 Å². The van der Waals surface area contributed by atoms with Gasteiger partial charge in [0.25, 0.3) is 5.91 Å². The standard InChI is InChI=1S/C18H21ClN4OS2/c1-10-8-13(19)9-14-15(10)21-18(26-14)23(7-6-22(4)5)17(24)16-11(2)20-12(3)25-16/h8-9H,6-7H2,1-5H3. The van der Waals surface area contributed by atoms with Crippen LogP contribution < -0.4 is 4.90 Å². The summed E-state index contributed by atoms with van der Waals surface area (Å²) in [4.78, 5) is 26.9. The number of halogens is 1. The van der Waals surface area contributed by atoms with Gasteiger partial charge in [-0.3, -0.25) is 9.69 Å². The number of aromatic nitrogens is 2. The highest BCUT2D eigenvalue weighted by Gasteiger charge is 2.25. The maximum absolute atomic E-state index is 13.2. The maximum atomic E-state index is 13.2. The summed E-state index contributed by atoms with van der Waals surface area (Å²) in [5.74, 6) is -0.0437. The largest absolute Gasteiger partial charge is 0.308 e. The number of hydrogen-bond acceptors (Lipinski definition) is 6. The second-order valence-electron chi connectivity index (χ2n) is 6.47. The number of rotatable bonds is 5. The Morgan fingerprint density at radius 3 is 2.46 bits per heavy atom. The first-order valence-corrected chi connectivity index (χ1v) is 10.2. The van der Waals surface area contributed by atoms with Crippen molar-refractivity contribution in [3.05, 3.63) is 38.3 Å². The number of carbonyl (C=O) groups excluding carboxylic acids is 1. The van der Waals surface area contributed by atoms with Gasteiger partial charge in [-0.2, -0.15) is 0 Å². The first-order valence-electron chi connectivity index (χ1n) is 8.23. The lowest BCUT2D eigenvalue weighted by molar-refractivity contribution is 0.0988. The van der Waals surface area contributed by atoms with Gasteiger partial charge in [0.05, 0.1) is 20.9 Å². The van der Waals surface area contributed by atoms with E-state index in [9.17, 15) is 4.79 Å². The van der Waals surface area contributed by atoms with E-state index in [0.29, 0.717) is 21.6 Å². The van der Waals surface area contributed by atoms with Gasteiger partial charge in [0.1, 0.15) is 4.88 Å². The lowest BCUT2D eigenvalue weighted by Gasteiger charge is -2.21. The van der Waals surface area contributed by atoms with Gasteiger partial charge in [-0.15, -0.1) is 11.3 Å². The quantitative estimate of drug-likeness (QED) is 0.621. The Balaban J connectivity index is 2.04. The number of carbonyl (C=O) groups is 1. The first kappa shape index (κ1) is 19.2. The van der Waals surface area contributed by atoms with Crippen LogP contribution in [0.15, 0.2) is 12.1 Å². The van der Waals surface area contributed by atoms with Gasteiger partial charge in [0.15, 0.2) is 5.13 Å². The molecule has 1 aromatic carbocycles. The molecule has 0 aliphatic carbocycles. The number of nitrogens with zero attached hydrogens (tertiary/aromatic N) is 4. The van der Waals surface area contributed by atoms with E-state index in [2.05, 4.69) is 9.88 Å². The third-order valence-electron chi connectivity index (χ3n) is 3.98. The van der Waals surface area contributed by atoms with Crippen molar-refractivity contribution >= 4 is 55.5 Å². The van der Waals surface area contributed by atoms with Crippen LogP contribution in [-0.2, 0) is 0 Å². The van der Waals surface area contributed by atoms with E-state index < -0.39 is 0 Å². The average molecular weight is 409 g/mol. The molecule has 0 unspecified atom stereocenters. The summed E-state index contributed by atoms with van der Waals surface area (Å²) < 4.78 is 0.991. The van der Waals surface area contributed by atoms with Crippen molar-refractivity contribution in [1.29, 1.82) is 0 Å². The number of likely N-dealkylation sites (N-methyl/N-ethyl adjacent to an activating group) is 1. The molecule has 0 N–H and O–H groups in total. The van der Waals surface area contributed by atoms with Gasteiger partial charge in [-0.25, -0.2) is 9.97 Å². The van der Waals surface area contributed by atoms with Crippen LogP contribution in [0.25, 0.3) is 10.2 Å². The fraction of sp³-hybridized carbons (Fsp3) is 0.389. The van der Waals surface area contributed by atoms with Gasteiger partial charge < -0.3 is 4.90 Å². The van der Waals surface area contributed by atoms with Crippen LogP contribution in [0.1, 0.15) is 25.9 Å². The van der Waals surface area contributed by atoms with Gasteiger partial charge in [0, 0.05) is 18.1 Å². The molecule has 8 heteroatoms. The minimum Gasteiger partial charge on any atom is -0.308 e. The minimum absolute atomic E-state index is 0.0437. The molecule has 2 heterocycles. The lowest BCUT2D eigenvalue weighted by atomic mass is 10.2. The number of fused-ring (bicyclic) bond motifs is 1. The van der Waals surface area contributed by atoms with E-state index in [1.165, 1.54) is 22.7 Å². The molecule has 5 nitrogen and oxygen atoms in total. The summed E-state index contributed by atoms with van der Waals surface area (Å²) in [6.45, 7) is 7.10. The van der Waals surface area contributed by atoms with E-state index in [4.69, 9.17) is 16.6 Å². The molecule has 138 valence electrons. The van der Waals surface area contributed by atoms with Crippen LogP contribution in [0.2, 0.25) is 5.02 Å². The smallest absolute Gasteiger partial charge is 0.272 e. The van der Waals surface area contributed by atoms with E-state index in [1.807, 2.05) is 47.0 Å². The Kier molecular flexibility index (Phi) is 5.62. The van der Waals surface area contributed by atoms with Crippen LogP contribution in [-0.4, -0.2) is 48.0 Å². The molecule has 0 saturated carbocycles. The SMILES string of the molecule is Cc1nc(C)c(C(=O)N(CCN(C)C)c2nc3c(C)cc(Cl)cc3s2)s1. The molecule has 0 aliphatic heterocycles. The predicted molar refractivity (Wildman–Crippen MR) is 111 cm³/mol. The first-order chi connectivity index (χ1) is 12.3. The molecule has 0 atom stereocenters. The summed E-state index contributed by atoms with van der Waals surface area (Å²) in [5, 5.41) is 2.28. The van der Waals surface area contributed by atoms with E-state index in [-0.39, 0.29) is 5.91 Å². The monoisotopic (exact) mass is 408 g/mol. The number of thiazole rings is 2. The third-order valence-corrected chi connectivity index (χ3v) is 6.29. The van der Waals surface area contributed by atoms with Crippen LogP contribution in [0, 0.1) is 20.8 Å². The Hall–Kier alpha value is -1.54. The van der Waals surface area contributed by atoms with E-state index in [0.717, 1.165) is 33.0 Å². The normalized spacial score (nSPS) is 11.5. The molecule has 2 aromatic heterocycles. The zero-order valence-electron chi connectivity index (χ0n) is 15.5. The summed E-state index contributed by atoms with van der Waals surface area (Å²) in [7, 11) is 3.99. The van der Waals surface area contributed by atoms with Crippen molar-refractivity contribution in [2.75, 3.05) is 32.1 Å². The molecule has 0 bridgehead atoms. The van der Waals surface area contributed by atoms with Crippen LogP contribution in [0.3, 0.4) is 0 Å². The highest BCUT2D eigenvalue weighted by Crippen LogP contribution is 2.34. The zero-order chi connectivity index (χ0) is 19.0. The second-order valence-corrected chi connectivity index (χ2v) is 9.12. The molecular formula is C18H21ClN4OS2. The van der Waals surface area contributed by atoms with Gasteiger partial charge in [-0.1, -0.05) is 22.9 Å². The lowest BCUT2D eigenvalue weighted by Crippen LogP contribution is -2.36. The number of anilines is 1. The van der Waals surface area contributed by atoms with E-state index in [1.54, 1.807) is 4.90 Å². The Morgan fingerprint density at radius 1 is 1.12 bits per heavy atom. The fourth-order valence-electron chi connectivity index (χ4n) is 2.69. The van der Waals surface area contributed by atoms with Crippen LogP contribution in [0.4, 0.5) is 5.13 Å². The Labute approximate surface area is 166 Å². The third kappa shape index (κ3) is 3.91. The van der Waals surface area contributed by atoms with Gasteiger partial charge >= 0.3 is 0 Å². The molecule has 0 radical (unpaired) electrons. The Morgan fingerprint density at radius 2 is 1.85 bits per heavy atom. The number of amides is 1. The summed E-state index contributed by atoms with van der Waals surface area (Å²) in [5.41, 5.74) is 2.68. The molecule has 1 amide bonds. The minimum atomic E-state index is -0.0437. The van der Waals surface area contributed by atoms with Crippen molar-refractivity contribution in [2.45, 2.75) is 20.8 Å². The Bertz CT molecular complexity index is 964. The van der Waals surface area contributed by atoms with Crippen molar-refractivity contribution in [2.24, 2.45) is 0 Å². The highest BCUT2D eigenvalue weighted by atomic mass is 35.5. The fourth-order valence-corrected chi connectivity index (χ4v) is 5.01. The predicted octanol–water partition coefficient (Wildman–Crippen LogP) is 4.54. The molecule has 0 aliphatic rings. The molecule has 0 spiro atoms. The number of aryl methyl sites for hydroxylation is 3.